The van der Waals surface area contributed by atoms with Gasteiger partial charge in [0.05, 0.1) is 18.2 Å². The second-order valence-corrected chi connectivity index (χ2v) is 12.3. The zero-order chi connectivity index (χ0) is 34.6. The number of carboxylic acids is 1. The van der Waals surface area contributed by atoms with Gasteiger partial charge in [-0.3, -0.25) is 9.97 Å². The van der Waals surface area contributed by atoms with Gasteiger partial charge in [0.2, 0.25) is 0 Å². The Kier molecular flexibility index (Phi) is 12.8. The smallest absolute Gasteiger partial charge is 0.870 e. The second-order valence-electron chi connectivity index (χ2n) is 12.3. The minimum atomic E-state index is -0.942. The summed E-state index contributed by atoms with van der Waals surface area (Å²) in [6.45, 7) is 9.38. The van der Waals surface area contributed by atoms with Crippen LogP contribution in [0.5, 0.6) is 0 Å². The number of methoxy groups -OCH3 is 1. The number of fused-ring (bicyclic) bond motifs is 2. The van der Waals surface area contributed by atoms with Gasteiger partial charge in [0.25, 0.3) is 0 Å². The molecule has 6 heterocycles. The molecular weight excluding hydrogens is 635 g/mol. The number of ether oxygens (including phenoxy) is 2. The van der Waals surface area contributed by atoms with Crippen molar-refractivity contribution in [1.82, 2.24) is 29.5 Å². The van der Waals surface area contributed by atoms with Crippen LogP contribution in [0.2, 0.25) is 0 Å². The largest absolute Gasteiger partial charge is 1.00 e. The van der Waals surface area contributed by atoms with E-state index < -0.39 is 23.6 Å². The van der Waals surface area contributed by atoms with Gasteiger partial charge < -0.3 is 25.0 Å². The van der Waals surface area contributed by atoms with Crippen molar-refractivity contribution in [1.29, 1.82) is 0 Å². The molecule has 0 radical (unpaired) electrons. The van der Waals surface area contributed by atoms with Crippen LogP contribution in [0.4, 0.5) is 4.79 Å². The first-order valence-electron chi connectivity index (χ1n) is 15.2. The van der Waals surface area contributed by atoms with Crippen molar-refractivity contribution in [2.75, 3.05) is 7.11 Å². The standard InChI is InChI=1S/C21H23N3O4.C15H13N3O2.Li.H2O/c1-13-8-15-10-17(11-16-9-14(6-7-22-16)19(25)27-5)24(18(15)23-12-13)20(26)28-21(2,3)4;1-9-4-11-6-13(18-14(11)17-8-9)7-12-5-10(15(19)20)2-3-16-12;;/h6-10,12H,11H2,1-5H3;2-6,8H,7H2,1H3,(H,17,18)(H,19,20);;1H2/q;;+1;/p-1. The van der Waals surface area contributed by atoms with E-state index in [9.17, 15) is 14.4 Å². The van der Waals surface area contributed by atoms with Crippen LogP contribution in [0.3, 0.4) is 0 Å². The van der Waals surface area contributed by atoms with E-state index in [4.69, 9.17) is 14.6 Å². The van der Waals surface area contributed by atoms with Crippen LogP contribution in [0, 0.1) is 13.8 Å². The van der Waals surface area contributed by atoms with Crippen molar-refractivity contribution in [2.45, 2.75) is 53.1 Å². The summed E-state index contributed by atoms with van der Waals surface area (Å²) in [4.78, 5) is 56.1. The minimum Gasteiger partial charge on any atom is -0.870 e. The maximum absolute atomic E-state index is 12.9. The van der Waals surface area contributed by atoms with E-state index in [0.717, 1.165) is 33.2 Å². The minimum absolute atomic E-state index is 0. The molecular formula is C36H37LiN6O7. The first-order chi connectivity index (χ1) is 22.8. The molecule has 6 aromatic rings. The number of hydrogen-bond donors (Lipinski definition) is 2. The molecule has 3 N–H and O–H groups in total. The van der Waals surface area contributed by atoms with Crippen molar-refractivity contribution in [3.63, 3.8) is 0 Å². The Bertz CT molecular complexity index is 2150. The molecule has 13 nitrogen and oxygen atoms in total. The molecule has 0 aromatic carbocycles. The van der Waals surface area contributed by atoms with Gasteiger partial charge in [0.15, 0.2) is 0 Å². The molecule has 6 aromatic heterocycles. The summed E-state index contributed by atoms with van der Waals surface area (Å²) in [5, 5.41) is 10.9. The third kappa shape index (κ3) is 9.63. The fourth-order valence-corrected chi connectivity index (χ4v) is 5.08. The average molecular weight is 673 g/mol. The third-order valence-electron chi connectivity index (χ3n) is 7.13. The van der Waals surface area contributed by atoms with Gasteiger partial charge in [-0.2, -0.15) is 0 Å². The molecule has 0 unspecified atom stereocenters. The summed E-state index contributed by atoms with van der Waals surface area (Å²) in [6, 6.07) is 14.3. The maximum Gasteiger partial charge on any atom is 1.00 e. The van der Waals surface area contributed by atoms with E-state index in [1.165, 1.54) is 23.9 Å². The molecule has 0 aliphatic carbocycles. The predicted molar refractivity (Wildman–Crippen MR) is 181 cm³/mol. The molecule has 0 saturated carbocycles. The van der Waals surface area contributed by atoms with Crippen molar-refractivity contribution in [3.05, 3.63) is 118 Å². The number of aromatic amines is 1. The number of esters is 1. The van der Waals surface area contributed by atoms with Gasteiger partial charge in [0, 0.05) is 71.2 Å². The predicted octanol–water partition coefficient (Wildman–Crippen LogP) is 3.28. The van der Waals surface area contributed by atoms with Crippen molar-refractivity contribution >= 4 is 40.1 Å². The number of aromatic nitrogens is 6. The van der Waals surface area contributed by atoms with Crippen LogP contribution in [-0.4, -0.2) is 70.8 Å². The van der Waals surface area contributed by atoms with E-state index in [0.29, 0.717) is 41.1 Å². The number of carboxylic acid groups (broad SMARTS) is 1. The fraction of sp³-hybridized carbons (Fsp3) is 0.250. The van der Waals surface area contributed by atoms with E-state index in [1.807, 2.05) is 59.0 Å². The third-order valence-corrected chi connectivity index (χ3v) is 7.13. The molecule has 0 spiro atoms. The first-order valence-corrected chi connectivity index (χ1v) is 15.2. The molecule has 14 heteroatoms. The van der Waals surface area contributed by atoms with Crippen LogP contribution in [0.15, 0.2) is 73.3 Å². The van der Waals surface area contributed by atoms with Crippen LogP contribution in [-0.2, 0) is 22.3 Å². The average Bonchev–Trinajstić information content (AvgIpc) is 3.59. The summed E-state index contributed by atoms with van der Waals surface area (Å²) in [5.74, 6) is -1.38. The number of nitrogens with zero attached hydrogens (tertiary/aromatic N) is 5. The first kappa shape index (κ1) is 39.1. The molecule has 0 amide bonds. The summed E-state index contributed by atoms with van der Waals surface area (Å²) in [5.41, 5.74) is 6.46. The number of aromatic carboxylic acids is 1. The quantitative estimate of drug-likeness (QED) is 0.195. The van der Waals surface area contributed by atoms with Crippen molar-refractivity contribution in [2.24, 2.45) is 0 Å². The molecule has 254 valence electrons. The Morgan fingerprint density at radius 2 is 1.42 bits per heavy atom. The zero-order valence-electron chi connectivity index (χ0n) is 29.0. The van der Waals surface area contributed by atoms with Crippen molar-refractivity contribution < 1.29 is 53.3 Å². The van der Waals surface area contributed by atoms with E-state index in [2.05, 4.69) is 31.0 Å². The monoisotopic (exact) mass is 672 g/mol. The van der Waals surface area contributed by atoms with E-state index in [-0.39, 0.29) is 29.9 Å². The fourth-order valence-electron chi connectivity index (χ4n) is 5.08. The Morgan fingerprint density at radius 1 is 0.820 bits per heavy atom. The number of nitrogens with one attached hydrogen (secondary N) is 1. The summed E-state index contributed by atoms with van der Waals surface area (Å²) >= 11 is 0. The molecule has 0 saturated heterocycles. The zero-order valence-corrected chi connectivity index (χ0v) is 29.0. The number of pyridine rings is 4. The maximum atomic E-state index is 12.9. The van der Waals surface area contributed by atoms with Crippen LogP contribution in [0.1, 0.15) is 75.4 Å². The van der Waals surface area contributed by atoms with Gasteiger partial charge in [-0.1, -0.05) is 0 Å². The molecule has 0 bridgehead atoms. The van der Waals surface area contributed by atoms with Gasteiger partial charge in [-0.05, 0) is 94.3 Å². The topological polar surface area (TPSA) is 192 Å². The molecule has 6 rings (SSSR count). The van der Waals surface area contributed by atoms with E-state index in [1.54, 1.807) is 30.6 Å². The summed E-state index contributed by atoms with van der Waals surface area (Å²) < 4.78 is 11.8. The number of aryl methyl sites for hydroxylation is 2. The van der Waals surface area contributed by atoms with Gasteiger partial charge in [0.1, 0.15) is 16.9 Å². The summed E-state index contributed by atoms with van der Waals surface area (Å²) in [7, 11) is 1.33. The Balaban J connectivity index is 0.000000273. The number of carbonyl (C=O) groups is 3. The number of rotatable bonds is 6. The van der Waals surface area contributed by atoms with Gasteiger partial charge >= 0.3 is 36.9 Å². The number of H-pyrrole nitrogens is 1. The summed E-state index contributed by atoms with van der Waals surface area (Å²) in [6.07, 6.45) is 6.97. The molecule has 0 atom stereocenters. The second kappa shape index (κ2) is 16.4. The van der Waals surface area contributed by atoms with Gasteiger partial charge in [-0.15, -0.1) is 0 Å². The van der Waals surface area contributed by atoms with Crippen LogP contribution >= 0.6 is 0 Å². The van der Waals surface area contributed by atoms with Crippen LogP contribution in [0.25, 0.3) is 22.1 Å². The van der Waals surface area contributed by atoms with E-state index >= 15 is 0 Å². The normalized spacial score (nSPS) is 10.8. The number of carbonyl (C=O) groups excluding carboxylic acids is 2. The van der Waals surface area contributed by atoms with Crippen LogP contribution < -0.4 is 18.9 Å². The molecule has 0 fully saturated rings. The Morgan fingerprint density at radius 3 is 2.06 bits per heavy atom. The van der Waals surface area contributed by atoms with Crippen molar-refractivity contribution in [3.8, 4) is 0 Å². The number of hydrogen-bond acceptors (Lipinski definition) is 10. The van der Waals surface area contributed by atoms with Gasteiger partial charge in [-0.25, -0.2) is 28.9 Å². The molecule has 0 aliphatic heterocycles. The Labute approximate surface area is 300 Å². The molecule has 50 heavy (non-hydrogen) atoms. The SMILES string of the molecule is COC(=O)c1ccnc(Cc2cc3cc(C)cnc3n2C(=O)OC(C)(C)C)c1.Cc1cnc2[nH]c(Cc3cc(C(=O)O)ccn3)cc2c1.[Li+].[OH-]. The Hall–Kier alpha value is -5.35. The molecule has 0 aliphatic rings.